The van der Waals surface area contributed by atoms with Crippen LogP contribution in [0.5, 0.6) is 0 Å². The van der Waals surface area contributed by atoms with E-state index in [0.717, 1.165) is 22.6 Å². The molecule has 0 radical (unpaired) electrons. The molecule has 0 aliphatic heterocycles. The SMILES string of the molecule is Cc1nccn1Cc1cc(-c2ccc3ccccc3c2)cnn1.Cl. The molecule has 4 nitrogen and oxygen atoms in total. The van der Waals surface area contributed by atoms with Gasteiger partial charge in [-0.15, -0.1) is 12.4 Å². The highest BCUT2D eigenvalue weighted by Gasteiger charge is 2.05. The third kappa shape index (κ3) is 3.14. The first-order valence-corrected chi connectivity index (χ1v) is 7.58. The Bertz CT molecular complexity index is 978. The van der Waals surface area contributed by atoms with E-state index < -0.39 is 0 Å². The summed E-state index contributed by atoms with van der Waals surface area (Å²) >= 11 is 0. The highest BCUT2D eigenvalue weighted by Crippen LogP contribution is 2.24. The third-order valence-electron chi connectivity index (χ3n) is 4.04. The minimum Gasteiger partial charge on any atom is -0.329 e. The van der Waals surface area contributed by atoms with Crippen molar-refractivity contribution in [2.75, 3.05) is 0 Å². The van der Waals surface area contributed by atoms with E-state index in [0.29, 0.717) is 6.54 Å². The molecule has 5 heteroatoms. The summed E-state index contributed by atoms with van der Waals surface area (Å²) in [5.74, 6) is 0.975. The molecule has 2 aromatic carbocycles. The summed E-state index contributed by atoms with van der Waals surface area (Å²) in [4.78, 5) is 4.24. The van der Waals surface area contributed by atoms with Gasteiger partial charge in [0, 0.05) is 18.0 Å². The van der Waals surface area contributed by atoms with Gasteiger partial charge in [-0.3, -0.25) is 0 Å². The summed E-state index contributed by atoms with van der Waals surface area (Å²) in [7, 11) is 0. The van der Waals surface area contributed by atoms with Crippen LogP contribution in [-0.2, 0) is 6.54 Å². The number of fused-ring (bicyclic) bond motifs is 1. The highest BCUT2D eigenvalue weighted by molar-refractivity contribution is 5.87. The van der Waals surface area contributed by atoms with Gasteiger partial charge in [0.25, 0.3) is 0 Å². The quantitative estimate of drug-likeness (QED) is 0.561. The van der Waals surface area contributed by atoms with Crippen molar-refractivity contribution >= 4 is 23.2 Å². The van der Waals surface area contributed by atoms with Crippen molar-refractivity contribution < 1.29 is 0 Å². The van der Waals surface area contributed by atoms with Crippen LogP contribution in [-0.4, -0.2) is 19.7 Å². The summed E-state index contributed by atoms with van der Waals surface area (Å²) in [6.45, 7) is 2.67. The Morgan fingerprint density at radius 1 is 0.958 bits per heavy atom. The van der Waals surface area contributed by atoms with Gasteiger partial charge in [-0.25, -0.2) is 4.98 Å². The fraction of sp³-hybridized carbons (Fsp3) is 0.105. The van der Waals surface area contributed by atoms with Crippen molar-refractivity contribution in [3.63, 3.8) is 0 Å². The van der Waals surface area contributed by atoms with Crippen LogP contribution in [0.15, 0.2) is 67.1 Å². The Kier molecular flexibility index (Phi) is 4.58. The molecular weight excluding hydrogens is 320 g/mol. The number of hydrogen-bond acceptors (Lipinski definition) is 3. The second kappa shape index (κ2) is 6.81. The van der Waals surface area contributed by atoms with Crippen molar-refractivity contribution in [3.05, 3.63) is 78.6 Å². The van der Waals surface area contributed by atoms with E-state index in [-0.39, 0.29) is 12.4 Å². The maximum absolute atomic E-state index is 4.24. The molecule has 0 aliphatic rings. The maximum atomic E-state index is 4.24. The number of aryl methyl sites for hydroxylation is 1. The van der Waals surface area contributed by atoms with E-state index in [1.54, 1.807) is 6.20 Å². The van der Waals surface area contributed by atoms with Crippen LogP contribution < -0.4 is 0 Å². The Hall–Kier alpha value is -2.72. The lowest BCUT2D eigenvalue weighted by Gasteiger charge is -2.07. The van der Waals surface area contributed by atoms with Gasteiger partial charge in [0.1, 0.15) is 5.82 Å². The van der Waals surface area contributed by atoms with Crippen LogP contribution in [0.3, 0.4) is 0 Å². The van der Waals surface area contributed by atoms with E-state index in [9.17, 15) is 0 Å². The molecule has 0 spiro atoms. The second-order valence-corrected chi connectivity index (χ2v) is 5.60. The van der Waals surface area contributed by atoms with Gasteiger partial charge < -0.3 is 4.57 Å². The van der Waals surface area contributed by atoms with Crippen LogP contribution in [0, 0.1) is 6.92 Å². The van der Waals surface area contributed by atoms with Crippen LogP contribution in [0.2, 0.25) is 0 Å². The lowest BCUT2D eigenvalue weighted by molar-refractivity contribution is 0.727. The number of aromatic nitrogens is 4. The van der Waals surface area contributed by atoms with Gasteiger partial charge >= 0.3 is 0 Å². The lowest BCUT2D eigenvalue weighted by atomic mass is 10.0. The number of benzene rings is 2. The fourth-order valence-corrected chi connectivity index (χ4v) is 2.76. The average Bonchev–Trinajstić information content (AvgIpc) is 2.99. The molecule has 0 amide bonds. The zero-order valence-electron chi connectivity index (χ0n) is 13.3. The molecule has 2 aromatic heterocycles. The first kappa shape index (κ1) is 16.1. The molecule has 0 saturated carbocycles. The van der Waals surface area contributed by atoms with Gasteiger partial charge in [-0.2, -0.15) is 10.2 Å². The first-order chi connectivity index (χ1) is 11.3. The van der Waals surface area contributed by atoms with E-state index in [1.807, 2.05) is 19.3 Å². The van der Waals surface area contributed by atoms with Gasteiger partial charge in [-0.05, 0) is 35.4 Å². The molecule has 0 atom stereocenters. The smallest absolute Gasteiger partial charge is 0.105 e. The van der Waals surface area contributed by atoms with Crippen molar-refractivity contribution in [2.24, 2.45) is 0 Å². The molecule has 24 heavy (non-hydrogen) atoms. The highest BCUT2D eigenvalue weighted by atomic mass is 35.5. The summed E-state index contributed by atoms with van der Waals surface area (Å²) < 4.78 is 2.06. The summed E-state index contributed by atoms with van der Waals surface area (Å²) in [5.41, 5.74) is 3.16. The predicted octanol–water partition coefficient (Wildman–Crippen LogP) is 4.27. The number of hydrogen-bond donors (Lipinski definition) is 0. The van der Waals surface area contributed by atoms with Crippen LogP contribution in [0.25, 0.3) is 21.9 Å². The first-order valence-electron chi connectivity index (χ1n) is 7.58. The topological polar surface area (TPSA) is 43.6 Å². The molecule has 0 saturated heterocycles. The van der Waals surface area contributed by atoms with Gasteiger partial charge in [0.2, 0.25) is 0 Å². The van der Waals surface area contributed by atoms with Crippen molar-refractivity contribution in [1.82, 2.24) is 19.7 Å². The van der Waals surface area contributed by atoms with Crippen molar-refractivity contribution in [2.45, 2.75) is 13.5 Å². The Morgan fingerprint density at radius 3 is 2.58 bits per heavy atom. The molecule has 0 aliphatic carbocycles. The minimum atomic E-state index is 0. The monoisotopic (exact) mass is 336 g/mol. The molecule has 0 unspecified atom stereocenters. The summed E-state index contributed by atoms with van der Waals surface area (Å²) in [5, 5.41) is 10.9. The van der Waals surface area contributed by atoms with E-state index in [4.69, 9.17) is 0 Å². The summed E-state index contributed by atoms with van der Waals surface area (Å²) in [6, 6.07) is 16.9. The standard InChI is InChI=1S/C19H16N4.ClH/c1-14-20-8-9-23(14)13-19-11-18(12-21-22-19)17-7-6-15-4-2-3-5-16(15)10-17;/h2-12H,13H2,1H3;1H. The zero-order chi connectivity index (χ0) is 15.6. The number of nitrogens with zero attached hydrogens (tertiary/aromatic N) is 4. The van der Waals surface area contributed by atoms with Gasteiger partial charge in [0.05, 0.1) is 18.4 Å². The number of imidazole rings is 1. The largest absolute Gasteiger partial charge is 0.329 e. The molecule has 2 heterocycles. The molecule has 0 bridgehead atoms. The second-order valence-electron chi connectivity index (χ2n) is 5.60. The van der Waals surface area contributed by atoms with Crippen LogP contribution in [0.1, 0.15) is 11.5 Å². The normalized spacial score (nSPS) is 10.5. The lowest BCUT2D eigenvalue weighted by Crippen LogP contribution is -2.04. The fourth-order valence-electron chi connectivity index (χ4n) is 2.76. The average molecular weight is 337 g/mol. The van der Waals surface area contributed by atoms with Gasteiger partial charge in [-0.1, -0.05) is 36.4 Å². The minimum absolute atomic E-state index is 0. The molecule has 4 aromatic rings. The molecule has 120 valence electrons. The Morgan fingerprint density at radius 2 is 1.79 bits per heavy atom. The predicted molar refractivity (Wildman–Crippen MR) is 98.3 cm³/mol. The number of halogens is 1. The molecule has 0 fully saturated rings. The van der Waals surface area contributed by atoms with Crippen LogP contribution >= 0.6 is 12.4 Å². The van der Waals surface area contributed by atoms with Crippen molar-refractivity contribution in [1.29, 1.82) is 0 Å². The Labute approximate surface area is 146 Å². The van der Waals surface area contributed by atoms with E-state index in [1.165, 1.54) is 10.8 Å². The van der Waals surface area contributed by atoms with Crippen molar-refractivity contribution in [3.8, 4) is 11.1 Å². The Balaban J connectivity index is 0.00000169. The van der Waals surface area contributed by atoms with E-state index in [2.05, 4.69) is 68.3 Å². The maximum Gasteiger partial charge on any atom is 0.105 e. The number of rotatable bonds is 3. The zero-order valence-corrected chi connectivity index (χ0v) is 14.1. The molecular formula is C19H17ClN4. The van der Waals surface area contributed by atoms with E-state index >= 15 is 0 Å². The molecule has 4 rings (SSSR count). The summed E-state index contributed by atoms with van der Waals surface area (Å²) in [6.07, 6.45) is 5.57. The van der Waals surface area contributed by atoms with Gasteiger partial charge in [0.15, 0.2) is 0 Å². The molecule has 0 N–H and O–H groups in total. The van der Waals surface area contributed by atoms with Crippen LogP contribution in [0.4, 0.5) is 0 Å². The third-order valence-corrected chi connectivity index (χ3v) is 4.04.